The zero-order valence-corrected chi connectivity index (χ0v) is 15.7. The van der Waals surface area contributed by atoms with Crippen molar-refractivity contribution in [3.63, 3.8) is 0 Å². The van der Waals surface area contributed by atoms with Crippen molar-refractivity contribution in [2.45, 2.75) is 25.8 Å². The van der Waals surface area contributed by atoms with Crippen molar-refractivity contribution in [1.82, 2.24) is 20.3 Å². The van der Waals surface area contributed by atoms with Gasteiger partial charge in [-0.05, 0) is 43.5 Å². The van der Waals surface area contributed by atoms with Gasteiger partial charge >= 0.3 is 0 Å². The number of aryl methyl sites for hydroxylation is 1. The molecule has 2 aromatic heterocycles. The van der Waals surface area contributed by atoms with Crippen LogP contribution in [0.15, 0.2) is 36.8 Å². The normalized spacial score (nSPS) is 16.9. The molecule has 4 rings (SSSR count). The monoisotopic (exact) mass is 382 g/mol. The van der Waals surface area contributed by atoms with Gasteiger partial charge in [0.2, 0.25) is 5.91 Å². The van der Waals surface area contributed by atoms with Gasteiger partial charge in [0.05, 0.1) is 11.9 Å². The maximum absolute atomic E-state index is 13.6. The number of H-pyrrole nitrogens is 1. The van der Waals surface area contributed by atoms with Crippen LogP contribution in [0.4, 0.5) is 15.9 Å². The minimum atomic E-state index is -0.283. The first-order chi connectivity index (χ1) is 13.6. The van der Waals surface area contributed by atoms with Crippen molar-refractivity contribution >= 4 is 28.4 Å². The van der Waals surface area contributed by atoms with E-state index in [4.69, 9.17) is 0 Å². The number of hydrogen-bond donors (Lipinski definition) is 3. The van der Waals surface area contributed by atoms with Crippen LogP contribution in [-0.4, -0.2) is 46.5 Å². The number of benzene rings is 1. The van der Waals surface area contributed by atoms with Crippen molar-refractivity contribution in [2.24, 2.45) is 0 Å². The number of rotatable bonds is 5. The number of fused-ring (bicyclic) bond motifs is 1. The van der Waals surface area contributed by atoms with Gasteiger partial charge in [-0.1, -0.05) is 6.07 Å². The predicted octanol–water partition coefficient (Wildman–Crippen LogP) is 2.60. The Kier molecular flexibility index (Phi) is 5.10. The second-order valence-electron chi connectivity index (χ2n) is 7.11. The topological polar surface area (TPSA) is 85.9 Å². The van der Waals surface area contributed by atoms with Crippen LogP contribution in [-0.2, 0) is 4.79 Å². The van der Waals surface area contributed by atoms with Crippen LogP contribution < -0.4 is 15.5 Å². The van der Waals surface area contributed by atoms with Crippen molar-refractivity contribution < 1.29 is 9.18 Å². The van der Waals surface area contributed by atoms with Crippen LogP contribution in [0.1, 0.15) is 18.4 Å². The molecule has 3 aromatic rings. The van der Waals surface area contributed by atoms with E-state index in [1.807, 2.05) is 12.3 Å². The Bertz CT molecular complexity index is 988. The fourth-order valence-corrected chi connectivity index (χ4v) is 3.56. The molecule has 1 fully saturated rings. The zero-order chi connectivity index (χ0) is 19.5. The molecule has 8 heteroatoms. The maximum Gasteiger partial charge on any atom is 0.239 e. The van der Waals surface area contributed by atoms with Crippen LogP contribution in [0.25, 0.3) is 11.0 Å². The first-order valence-electron chi connectivity index (χ1n) is 9.42. The van der Waals surface area contributed by atoms with Crippen LogP contribution in [0.2, 0.25) is 0 Å². The first-order valence-corrected chi connectivity index (χ1v) is 9.42. The number of hydrogen-bond acceptors (Lipinski definition) is 5. The summed E-state index contributed by atoms with van der Waals surface area (Å²) in [7, 11) is 0. The summed E-state index contributed by atoms with van der Waals surface area (Å²) in [5, 5.41) is 7.03. The van der Waals surface area contributed by atoms with Crippen molar-refractivity contribution in [3.8, 4) is 0 Å². The van der Waals surface area contributed by atoms with Crippen molar-refractivity contribution in [1.29, 1.82) is 0 Å². The molecule has 1 amide bonds. The molecule has 0 radical (unpaired) electrons. The van der Waals surface area contributed by atoms with E-state index in [1.165, 1.54) is 6.07 Å². The summed E-state index contributed by atoms with van der Waals surface area (Å²) in [6.07, 6.45) is 5.30. The van der Waals surface area contributed by atoms with E-state index in [9.17, 15) is 9.18 Å². The number of carbonyl (C=O) groups is 1. The standard InChI is InChI=1S/C20H23FN6O/c1-13-4-5-14(9-17(13)21)23-10-18(28)26-15-3-2-8-27(11-15)20-16-6-7-22-19(16)24-12-25-20/h4-7,9,12,15,23H,2-3,8,10-11H2,1H3,(H,26,28)(H,22,24,25)/t15-/m1/s1. The van der Waals surface area contributed by atoms with Crippen LogP contribution >= 0.6 is 0 Å². The summed E-state index contributed by atoms with van der Waals surface area (Å²) < 4.78 is 13.6. The van der Waals surface area contributed by atoms with Crippen molar-refractivity contribution in [2.75, 3.05) is 29.9 Å². The Morgan fingerprint density at radius 3 is 3.11 bits per heavy atom. The first kappa shape index (κ1) is 18.2. The van der Waals surface area contributed by atoms with Gasteiger partial charge in [0, 0.05) is 31.0 Å². The molecule has 3 N–H and O–H groups in total. The number of nitrogens with one attached hydrogen (secondary N) is 3. The zero-order valence-electron chi connectivity index (χ0n) is 15.7. The summed E-state index contributed by atoms with van der Waals surface area (Å²) in [5.41, 5.74) is 1.99. The summed E-state index contributed by atoms with van der Waals surface area (Å²) in [6, 6.07) is 6.88. The lowest BCUT2D eigenvalue weighted by Gasteiger charge is -2.34. The molecule has 3 heterocycles. The second kappa shape index (κ2) is 7.84. The molecule has 28 heavy (non-hydrogen) atoms. The lowest BCUT2D eigenvalue weighted by molar-refractivity contribution is -0.120. The third kappa shape index (κ3) is 3.90. The molecule has 0 unspecified atom stereocenters. The predicted molar refractivity (Wildman–Crippen MR) is 107 cm³/mol. The van der Waals surface area contributed by atoms with Gasteiger partial charge in [-0.25, -0.2) is 14.4 Å². The molecule has 1 saturated heterocycles. The second-order valence-corrected chi connectivity index (χ2v) is 7.11. The summed E-state index contributed by atoms with van der Waals surface area (Å²) in [4.78, 5) is 26.3. The number of anilines is 2. The Morgan fingerprint density at radius 1 is 1.36 bits per heavy atom. The van der Waals surface area contributed by atoms with E-state index in [2.05, 4.69) is 30.5 Å². The van der Waals surface area contributed by atoms with Gasteiger partial charge in [0.15, 0.2) is 0 Å². The fourth-order valence-electron chi connectivity index (χ4n) is 3.56. The molecule has 0 bridgehead atoms. The molecule has 0 spiro atoms. The van der Waals surface area contributed by atoms with Gasteiger partial charge in [-0.2, -0.15) is 0 Å². The molecule has 1 aliphatic rings. The van der Waals surface area contributed by atoms with E-state index in [1.54, 1.807) is 25.4 Å². The largest absolute Gasteiger partial charge is 0.376 e. The number of piperidine rings is 1. The average Bonchev–Trinajstić information content (AvgIpc) is 3.18. The van der Waals surface area contributed by atoms with Crippen LogP contribution in [0.5, 0.6) is 0 Å². The van der Waals surface area contributed by atoms with E-state index in [0.29, 0.717) is 17.8 Å². The molecule has 146 valence electrons. The van der Waals surface area contributed by atoms with Gasteiger partial charge in [-0.15, -0.1) is 0 Å². The van der Waals surface area contributed by atoms with Gasteiger partial charge in [0.25, 0.3) is 0 Å². The minimum Gasteiger partial charge on any atom is -0.376 e. The van der Waals surface area contributed by atoms with Gasteiger partial charge in [0.1, 0.15) is 23.6 Å². The number of aromatic amines is 1. The number of halogens is 1. The van der Waals surface area contributed by atoms with Crippen molar-refractivity contribution in [3.05, 3.63) is 48.2 Å². The SMILES string of the molecule is Cc1ccc(NCC(=O)N[C@@H]2CCCN(c3ncnc4[nH]ccc34)C2)cc1F. The smallest absolute Gasteiger partial charge is 0.239 e. The highest BCUT2D eigenvalue weighted by molar-refractivity contribution is 5.87. The Labute approximate surface area is 162 Å². The fraction of sp³-hybridized carbons (Fsp3) is 0.350. The van der Waals surface area contributed by atoms with Gasteiger partial charge in [-0.3, -0.25) is 4.79 Å². The highest BCUT2D eigenvalue weighted by Gasteiger charge is 2.23. The Balaban J connectivity index is 1.35. The molecule has 0 aliphatic carbocycles. The molecule has 0 saturated carbocycles. The molecule has 1 aromatic carbocycles. The molecular weight excluding hydrogens is 359 g/mol. The average molecular weight is 382 g/mol. The molecule has 7 nitrogen and oxygen atoms in total. The lowest BCUT2D eigenvalue weighted by atomic mass is 10.1. The molecule has 1 atom stereocenters. The quantitative estimate of drug-likeness (QED) is 0.632. The number of amides is 1. The number of aromatic nitrogens is 3. The van der Waals surface area contributed by atoms with E-state index < -0.39 is 0 Å². The molecular formula is C20H23FN6O. The highest BCUT2D eigenvalue weighted by Crippen LogP contribution is 2.25. The van der Waals surface area contributed by atoms with E-state index in [-0.39, 0.29) is 24.3 Å². The number of carbonyl (C=O) groups excluding carboxylic acids is 1. The third-order valence-electron chi connectivity index (χ3n) is 5.04. The lowest BCUT2D eigenvalue weighted by Crippen LogP contribution is -2.49. The Hall–Kier alpha value is -3.16. The summed E-state index contributed by atoms with van der Waals surface area (Å²) in [6.45, 7) is 3.40. The van der Waals surface area contributed by atoms with E-state index in [0.717, 1.165) is 36.2 Å². The van der Waals surface area contributed by atoms with E-state index >= 15 is 0 Å². The summed E-state index contributed by atoms with van der Waals surface area (Å²) in [5.74, 6) is 0.495. The highest BCUT2D eigenvalue weighted by atomic mass is 19.1. The Morgan fingerprint density at radius 2 is 2.25 bits per heavy atom. The van der Waals surface area contributed by atoms with Gasteiger partial charge < -0.3 is 20.5 Å². The van der Waals surface area contributed by atoms with Crippen LogP contribution in [0, 0.1) is 12.7 Å². The molecule has 1 aliphatic heterocycles. The maximum atomic E-state index is 13.6. The summed E-state index contributed by atoms with van der Waals surface area (Å²) >= 11 is 0. The minimum absolute atomic E-state index is 0.0433. The third-order valence-corrected chi connectivity index (χ3v) is 5.04. The number of nitrogens with zero attached hydrogens (tertiary/aromatic N) is 3. The van der Waals surface area contributed by atoms with Crippen LogP contribution in [0.3, 0.4) is 0 Å².